The van der Waals surface area contributed by atoms with Crippen LogP contribution < -0.4 is 5.43 Å². The minimum absolute atomic E-state index is 0.610. The molecular weight excluding hydrogens is 246 g/mol. The van der Waals surface area contributed by atoms with E-state index in [-0.39, 0.29) is 0 Å². The smallest absolute Gasteiger partial charge is 0.0705 e. The molecule has 106 valence electrons. The Morgan fingerprint density at radius 1 is 1.10 bits per heavy atom. The van der Waals surface area contributed by atoms with E-state index >= 15 is 0 Å². The first-order valence-electron chi connectivity index (χ1n) is 7.60. The number of hydrogen-bond acceptors (Lipinski definition) is 3. The predicted octanol–water partition coefficient (Wildman–Crippen LogP) is 3.50. The van der Waals surface area contributed by atoms with Gasteiger partial charge in [0.15, 0.2) is 0 Å². The molecule has 3 heteroatoms. The first-order chi connectivity index (χ1) is 9.74. The summed E-state index contributed by atoms with van der Waals surface area (Å²) in [5.74, 6) is 0. The number of piperidine rings is 1. The van der Waals surface area contributed by atoms with Crippen molar-refractivity contribution in [2.45, 2.75) is 51.7 Å². The topological polar surface area (TPSA) is 28.2 Å². The number of hydrazine groups is 1. The van der Waals surface area contributed by atoms with E-state index in [9.17, 15) is 0 Å². The zero-order valence-electron chi connectivity index (χ0n) is 12.3. The average molecular weight is 269 g/mol. The Labute approximate surface area is 121 Å². The first kappa shape index (κ1) is 13.5. The minimum atomic E-state index is 0.610. The highest BCUT2D eigenvalue weighted by Crippen LogP contribution is 2.20. The van der Waals surface area contributed by atoms with E-state index in [2.05, 4.69) is 54.6 Å². The lowest BCUT2D eigenvalue weighted by Crippen LogP contribution is -2.51. The molecule has 1 saturated heterocycles. The molecule has 1 aliphatic rings. The van der Waals surface area contributed by atoms with E-state index in [1.807, 2.05) is 6.07 Å². The molecule has 2 atom stereocenters. The standard InChI is InChI=1S/C17H23N3/c1-13-6-5-7-14(2)20(13)18-12-16-11-10-15-8-3-4-9-17(15)19-16/h3-4,8-11,13-14,18H,5-7,12H2,1-2H3. The highest BCUT2D eigenvalue weighted by atomic mass is 15.5. The Kier molecular flexibility index (Phi) is 3.99. The van der Waals surface area contributed by atoms with Gasteiger partial charge in [-0.1, -0.05) is 30.7 Å². The number of para-hydroxylation sites is 1. The van der Waals surface area contributed by atoms with Gasteiger partial charge in [0.05, 0.1) is 17.8 Å². The lowest BCUT2D eigenvalue weighted by Gasteiger charge is -2.39. The molecule has 1 N–H and O–H groups in total. The Bertz CT molecular complexity index is 571. The number of pyridine rings is 1. The van der Waals surface area contributed by atoms with Gasteiger partial charge in [-0.3, -0.25) is 4.98 Å². The number of rotatable bonds is 3. The van der Waals surface area contributed by atoms with Crippen molar-refractivity contribution in [2.75, 3.05) is 0 Å². The van der Waals surface area contributed by atoms with Crippen molar-refractivity contribution >= 4 is 10.9 Å². The highest BCUT2D eigenvalue weighted by Gasteiger charge is 2.24. The van der Waals surface area contributed by atoms with Gasteiger partial charge >= 0.3 is 0 Å². The molecule has 20 heavy (non-hydrogen) atoms. The molecule has 2 aromatic rings. The van der Waals surface area contributed by atoms with E-state index in [0.717, 1.165) is 17.8 Å². The third-order valence-corrected chi connectivity index (χ3v) is 4.29. The average Bonchev–Trinajstić information content (AvgIpc) is 2.46. The molecule has 2 unspecified atom stereocenters. The van der Waals surface area contributed by atoms with Gasteiger partial charge < -0.3 is 0 Å². The Morgan fingerprint density at radius 2 is 1.85 bits per heavy atom. The zero-order valence-corrected chi connectivity index (χ0v) is 12.3. The van der Waals surface area contributed by atoms with Gasteiger partial charge in [0.1, 0.15) is 0 Å². The van der Waals surface area contributed by atoms with Crippen molar-refractivity contribution in [2.24, 2.45) is 0 Å². The van der Waals surface area contributed by atoms with Crippen molar-refractivity contribution in [3.63, 3.8) is 0 Å². The Balaban J connectivity index is 1.70. The summed E-state index contributed by atoms with van der Waals surface area (Å²) < 4.78 is 0. The van der Waals surface area contributed by atoms with Gasteiger partial charge in [0, 0.05) is 17.5 Å². The van der Waals surface area contributed by atoms with Crippen molar-refractivity contribution in [3.8, 4) is 0 Å². The first-order valence-corrected chi connectivity index (χ1v) is 7.60. The van der Waals surface area contributed by atoms with Crippen LogP contribution in [0.4, 0.5) is 0 Å². The lowest BCUT2D eigenvalue weighted by atomic mass is 10.00. The number of nitrogens with zero attached hydrogens (tertiary/aromatic N) is 2. The number of benzene rings is 1. The fourth-order valence-electron chi connectivity index (χ4n) is 3.11. The van der Waals surface area contributed by atoms with E-state index in [0.29, 0.717) is 12.1 Å². The molecule has 1 fully saturated rings. The molecule has 1 aromatic heterocycles. The molecule has 1 aromatic carbocycles. The number of fused-ring (bicyclic) bond motifs is 1. The number of aromatic nitrogens is 1. The second-order valence-electron chi connectivity index (χ2n) is 5.87. The molecule has 2 heterocycles. The minimum Gasteiger partial charge on any atom is -0.251 e. The summed E-state index contributed by atoms with van der Waals surface area (Å²) in [6, 6.07) is 13.8. The zero-order chi connectivity index (χ0) is 13.9. The summed E-state index contributed by atoms with van der Waals surface area (Å²) in [7, 11) is 0. The summed E-state index contributed by atoms with van der Waals surface area (Å²) in [6.07, 6.45) is 3.90. The second kappa shape index (κ2) is 5.90. The molecular formula is C17H23N3. The molecule has 0 bridgehead atoms. The third-order valence-electron chi connectivity index (χ3n) is 4.29. The van der Waals surface area contributed by atoms with E-state index in [1.165, 1.54) is 24.6 Å². The maximum Gasteiger partial charge on any atom is 0.0705 e. The van der Waals surface area contributed by atoms with Crippen LogP contribution >= 0.6 is 0 Å². The third kappa shape index (κ3) is 2.84. The summed E-state index contributed by atoms with van der Waals surface area (Å²) in [5.41, 5.74) is 5.75. The summed E-state index contributed by atoms with van der Waals surface area (Å²) in [6.45, 7) is 5.41. The van der Waals surface area contributed by atoms with Gasteiger partial charge in [0.2, 0.25) is 0 Å². The molecule has 3 nitrogen and oxygen atoms in total. The molecule has 1 aliphatic heterocycles. The van der Waals surface area contributed by atoms with Crippen LogP contribution in [0.15, 0.2) is 36.4 Å². The van der Waals surface area contributed by atoms with E-state index in [1.54, 1.807) is 0 Å². The van der Waals surface area contributed by atoms with Crippen LogP contribution in [0.25, 0.3) is 10.9 Å². The Hall–Kier alpha value is -1.45. The Morgan fingerprint density at radius 3 is 2.65 bits per heavy atom. The molecule has 0 radical (unpaired) electrons. The summed E-state index contributed by atoms with van der Waals surface area (Å²) in [4.78, 5) is 4.72. The molecule has 0 saturated carbocycles. The van der Waals surface area contributed by atoms with Crippen LogP contribution in [0.1, 0.15) is 38.8 Å². The van der Waals surface area contributed by atoms with Crippen molar-refractivity contribution in [1.29, 1.82) is 0 Å². The quantitative estimate of drug-likeness (QED) is 0.924. The summed E-state index contributed by atoms with van der Waals surface area (Å²) >= 11 is 0. The molecule has 0 amide bonds. The molecule has 0 spiro atoms. The number of nitrogens with one attached hydrogen (secondary N) is 1. The SMILES string of the molecule is CC1CCCC(C)N1NCc1ccc2ccccc2n1. The fraction of sp³-hybridized carbons (Fsp3) is 0.471. The highest BCUT2D eigenvalue weighted by molar-refractivity contribution is 5.78. The maximum absolute atomic E-state index is 4.72. The fourth-order valence-corrected chi connectivity index (χ4v) is 3.11. The van der Waals surface area contributed by atoms with Gasteiger partial charge in [-0.05, 0) is 38.8 Å². The van der Waals surface area contributed by atoms with Crippen LogP contribution in [-0.2, 0) is 6.54 Å². The van der Waals surface area contributed by atoms with Gasteiger partial charge in [0.25, 0.3) is 0 Å². The lowest BCUT2D eigenvalue weighted by molar-refractivity contribution is 0.0431. The van der Waals surface area contributed by atoms with Crippen LogP contribution in [0.2, 0.25) is 0 Å². The summed E-state index contributed by atoms with van der Waals surface area (Å²) in [5, 5.41) is 3.61. The van der Waals surface area contributed by atoms with Gasteiger partial charge in [-0.25, -0.2) is 10.4 Å². The monoisotopic (exact) mass is 269 g/mol. The van der Waals surface area contributed by atoms with E-state index in [4.69, 9.17) is 4.98 Å². The largest absolute Gasteiger partial charge is 0.251 e. The van der Waals surface area contributed by atoms with Crippen LogP contribution in [0.3, 0.4) is 0 Å². The van der Waals surface area contributed by atoms with Crippen LogP contribution in [0, 0.1) is 0 Å². The van der Waals surface area contributed by atoms with Crippen LogP contribution in [-0.4, -0.2) is 22.1 Å². The van der Waals surface area contributed by atoms with E-state index < -0.39 is 0 Å². The van der Waals surface area contributed by atoms with Crippen molar-refractivity contribution in [1.82, 2.24) is 15.4 Å². The van der Waals surface area contributed by atoms with Crippen molar-refractivity contribution < 1.29 is 0 Å². The maximum atomic E-state index is 4.72. The molecule has 3 rings (SSSR count). The van der Waals surface area contributed by atoms with Crippen molar-refractivity contribution in [3.05, 3.63) is 42.1 Å². The predicted molar refractivity (Wildman–Crippen MR) is 83.2 cm³/mol. The second-order valence-corrected chi connectivity index (χ2v) is 5.87. The van der Waals surface area contributed by atoms with Crippen LogP contribution in [0.5, 0.6) is 0 Å². The van der Waals surface area contributed by atoms with Gasteiger partial charge in [-0.15, -0.1) is 0 Å². The number of hydrogen-bond donors (Lipinski definition) is 1. The normalized spacial score (nSPS) is 24.1. The molecule has 0 aliphatic carbocycles. The van der Waals surface area contributed by atoms with Gasteiger partial charge in [-0.2, -0.15) is 0 Å².